The van der Waals surface area contributed by atoms with Crippen LogP contribution in [0.25, 0.3) is 0 Å². The summed E-state index contributed by atoms with van der Waals surface area (Å²) in [6.45, 7) is 0.702. The van der Waals surface area contributed by atoms with E-state index in [2.05, 4.69) is 4.98 Å². The van der Waals surface area contributed by atoms with E-state index in [1.165, 1.54) is 0 Å². The van der Waals surface area contributed by atoms with Gasteiger partial charge in [-0.25, -0.2) is 9.78 Å². The zero-order chi connectivity index (χ0) is 10.8. The SMILES string of the molecule is O=C(O)[C@@H]1CCCN1c1ncccc1Cl. The lowest BCUT2D eigenvalue weighted by atomic mass is 10.2. The summed E-state index contributed by atoms with van der Waals surface area (Å²) in [6, 6.07) is 2.97. The van der Waals surface area contributed by atoms with E-state index in [9.17, 15) is 4.79 Å². The number of nitrogens with zero attached hydrogens (tertiary/aromatic N) is 2. The van der Waals surface area contributed by atoms with Gasteiger partial charge in [-0.15, -0.1) is 0 Å². The van der Waals surface area contributed by atoms with Gasteiger partial charge in [-0.3, -0.25) is 0 Å². The van der Waals surface area contributed by atoms with Crippen LogP contribution in [-0.2, 0) is 4.79 Å². The Labute approximate surface area is 92.5 Å². The number of hydrogen-bond acceptors (Lipinski definition) is 3. The van der Waals surface area contributed by atoms with Crippen LogP contribution in [-0.4, -0.2) is 28.6 Å². The molecule has 0 amide bonds. The normalized spacial score (nSPS) is 20.6. The molecule has 0 unspecified atom stereocenters. The summed E-state index contributed by atoms with van der Waals surface area (Å²) in [5.74, 6) is -0.238. The third-order valence-corrected chi connectivity index (χ3v) is 2.84. The lowest BCUT2D eigenvalue weighted by Gasteiger charge is -2.23. The number of aliphatic carboxylic acids is 1. The van der Waals surface area contributed by atoms with Gasteiger partial charge in [-0.2, -0.15) is 0 Å². The zero-order valence-electron chi connectivity index (χ0n) is 8.06. The van der Waals surface area contributed by atoms with Gasteiger partial charge in [0.2, 0.25) is 0 Å². The zero-order valence-corrected chi connectivity index (χ0v) is 8.81. The molecule has 0 bridgehead atoms. The van der Waals surface area contributed by atoms with Gasteiger partial charge in [0.05, 0.1) is 5.02 Å². The molecule has 1 saturated heterocycles. The molecule has 0 saturated carbocycles. The molecule has 1 aliphatic rings. The Morgan fingerprint density at radius 2 is 2.47 bits per heavy atom. The van der Waals surface area contributed by atoms with Crippen molar-refractivity contribution in [2.24, 2.45) is 0 Å². The molecular weight excluding hydrogens is 216 g/mol. The van der Waals surface area contributed by atoms with Crippen molar-refractivity contribution in [1.82, 2.24) is 4.98 Å². The number of carbonyl (C=O) groups is 1. The maximum absolute atomic E-state index is 11.0. The molecule has 2 heterocycles. The van der Waals surface area contributed by atoms with Crippen LogP contribution in [0.5, 0.6) is 0 Å². The highest BCUT2D eigenvalue weighted by atomic mass is 35.5. The molecule has 1 aromatic rings. The first-order valence-corrected chi connectivity index (χ1v) is 5.18. The second kappa shape index (κ2) is 4.06. The molecule has 0 aliphatic carbocycles. The Hall–Kier alpha value is -1.29. The van der Waals surface area contributed by atoms with E-state index in [4.69, 9.17) is 16.7 Å². The Morgan fingerprint density at radius 3 is 3.13 bits per heavy atom. The molecule has 0 aromatic carbocycles. The Bertz CT molecular complexity index is 383. The predicted octanol–water partition coefficient (Wildman–Crippen LogP) is 1.79. The number of aromatic nitrogens is 1. The van der Waals surface area contributed by atoms with Crippen LogP contribution in [0.15, 0.2) is 18.3 Å². The van der Waals surface area contributed by atoms with Crippen LogP contribution < -0.4 is 4.90 Å². The number of pyridine rings is 1. The van der Waals surface area contributed by atoms with Gasteiger partial charge in [-0.1, -0.05) is 11.6 Å². The van der Waals surface area contributed by atoms with Crippen molar-refractivity contribution in [3.8, 4) is 0 Å². The average Bonchev–Trinajstić information content (AvgIpc) is 2.67. The van der Waals surface area contributed by atoms with Crippen molar-refractivity contribution < 1.29 is 9.90 Å². The van der Waals surface area contributed by atoms with E-state index < -0.39 is 12.0 Å². The smallest absolute Gasteiger partial charge is 0.326 e. The van der Waals surface area contributed by atoms with E-state index in [1.807, 2.05) is 0 Å². The second-order valence-electron chi connectivity index (χ2n) is 3.50. The Kier molecular flexibility index (Phi) is 2.77. The Balaban J connectivity index is 2.30. The number of carboxylic acid groups (broad SMARTS) is 1. The highest BCUT2D eigenvalue weighted by Crippen LogP contribution is 2.29. The first-order valence-electron chi connectivity index (χ1n) is 4.80. The van der Waals surface area contributed by atoms with Gasteiger partial charge >= 0.3 is 5.97 Å². The Morgan fingerprint density at radius 1 is 1.67 bits per heavy atom. The molecular formula is C10H11ClN2O2. The standard InChI is InChI=1S/C10H11ClN2O2/c11-7-3-1-5-12-9(7)13-6-2-4-8(13)10(14)15/h1,3,5,8H,2,4,6H2,(H,14,15)/t8-/m0/s1. The summed E-state index contributed by atoms with van der Waals surface area (Å²) in [5.41, 5.74) is 0. The molecule has 4 nitrogen and oxygen atoms in total. The topological polar surface area (TPSA) is 53.4 Å². The monoisotopic (exact) mass is 226 g/mol. The lowest BCUT2D eigenvalue weighted by molar-refractivity contribution is -0.138. The van der Waals surface area contributed by atoms with Gasteiger partial charge in [0.15, 0.2) is 0 Å². The van der Waals surface area contributed by atoms with Crippen molar-refractivity contribution >= 4 is 23.4 Å². The fourth-order valence-electron chi connectivity index (χ4n) is 1.87. The maximum atomic E-state index is 11.0. The van der Waals surface area contributed by atoms with Crippen molar-refractivity contribution in [3.05, 3.63) is 23.4 Å². The number of halogens is 1. The van der Waals surface area contributed by atoms with Gasteiger partial charge < -0.3 is 10.0 Å². The van der Waals surface area contributed by atoms with Crippen molar-refractivity contribution in [2.75, 3.05) is 11.4 Å². The van der Waals surface area contributed by atoms with E-state index in [-0.39, 0.29) is 0 Å². The van der Waals surface area contributed by atoms with Gasteiger partial charge in [0.1, 0.15) is 11.9 Å². The highest BCUT2D eigenvalue weighted by Gasteiger charge is 2.32. The van der Waals surface area contributed by atoms with Crippen LogP contribution in [0.1, 0.15) is 12.8 Å². The summed E-state index contributed by atoms with van der Waals surface area (Å²) in [4.78, 5) is 16.9. The minimum atomic E-state index is -0.811. The highest BCUT2D eigenvalue weighted by molar-refractivity contribution is 6.33. The maximum Gasteiger partial charge on any atom is 0.326 e. The largest absolute Gasteiger partial charge is 0.480 e. The molecule has 1 aliphatic heterocycles. The van der Waals surface area contributed by atoms with Crippen molar-refractivity contribution in [3.63, 3.8) is 0 Å². The molecule has 15 heavy (non-hydrogen) atoms. The van der Waals surface area contributed by atoms with Gasteiger partial charge in [-0.05, 0) is 25.0 Å². The van der Waals surface area contributed by atoms with Crippen LogP contribution in [0, 0.1) is 0 Å². The van der Waals surface area contributed by atoms with Crippen molar-refractivity contribution in [1.29, 1.82) is 0 Å². The molecule has 80 valence electrons. The quantitative estimate of drug-likeness (QED) is 0.836. The van der Waals surface area contributed by atoms with E-state index in [0.29, 0.717) is 23.8 Å². The van der Waals surface area contributed by atoms with E-state index in [1.54, 1.807) is 23.2 Å². The fraction of sp³-hybridized carbons (Fsp3) is 0.400. The molecule has 1 N–H and O–H groups in total. The summed E-state index contributed by atoms with van der Waals surface area (Å²) < 4.78 is 0. The van der Waals surface area contributed by atoms with Crippen LogP contribution >= 0.6 is 11.6 Å². The van der Waals surface area contributed by atoms with Crippen LogP contribution in [0.4, 0.5) is 5.82 Å². The molecule has 1 aromatic heterocycles. The number of rotatable bonds is 2. The number of hydrogen-bond donors (Lipinski definition) is 1. The van der Waals surface area contributed by atoms with E-state index >= 15 is 0 Å². The van der Waals surface area contributed by atoms with Crippen LogP contribution in [0.3, 0.4) is 0 Å². The number of anilines is 1. The summed E-state index contributed by atoms with van der Waals surface area (Å²) in [7, 11) is 0. The summed E-state index contributed by atoms with van der Waals surface area (Å²) in [6.07, 6.45) is 3.14. The van der Waals surface area contributed by atoms with Gasteiger partial charge in [0, 0.05) is 12.7 Å². The molecule has 0 spiro atoms. The molecule has 1 fully saturated rings. The van der Waals surface area contributed by atoms with E-state index in [0.717, 1.165) is 6.42 Å². The molecule has 2 rings (SSSR count). The first-order chi connectivity index (χ1) is 7.20. The van der Waals surface area contributed by atoms with Crippen molar-refractivity contribution in [2.45, 2.75) is 18.9 Å². The summed E-state index contributed by atoms with van der Waals surface area (Å²) >= 11 is 5.98. The fourth-order valence-corrected chi connectivity index (χ4v) is 2.10. The van der Waals surface area contributed by atoms with Crippen LogP contribution in [0.2, 0.25) is 5.02 Å². The third-order valence-electron chi connectivity index (χ3n) is 2.55. The molecule has 1 atom stereocenters. The average molecular weight is 227 g/mol. The summed E-state index contributed by atoms with van der Waals surface area (Å²) in [5, 5.41) is 9.53. The molecule has 5 heteroatoms. The predicted molar refractivity (Wildman–Crippen MR) is 57.3 cm³/mol. The number of carboxylic acids is 1. The third kappa shape index (κ3) is 1.90. The molecule has 0 radical (unpaired) electrons. The first kappa shape index (κ1) is 10.2. The lowest BCUT2D eigenvalue weighted by Crippen LogP contribution is -2.36. The van der Waals surface area contributed by atoms with Gasteiger partial charge in [0.25, 0.3) is 0 Å². The minimum Gasteiger partial charge on any atom is -0.480 e. The minimum absolute atomic E-state index is 0.489. The second-order valence-corrected chi connectivity index (χ2v) is 3.91.